The van der Waals surface area contributed by atoms with Crippen LogP contribution in [0.3, 0.4) is 0 Å². The maximum Gasteiger partial charge on any atom is 0.0726 e. The zero-order valence-corrected chi connectivity index (χ0v) is 9.41. The highest BCUT2D eigenvalue weighted by molar-refractivity contribution is 5.38. The lowest BCUT2D eigenvalue weighted by atomic mass is 9.87. The molecule has 0 bridgehead atoms. The summed E-state index contributed by atoms with van der Waals surface area (Å²) in [6.45, 7) is 7.20. The first-order valence-corrected chi connectivity index (χ1v) is 4.87. The number of nitrogens with two attached hydrogens (primary N) is 1. The highest BCUT2D eigenvalue weighted by Crippen LogP contribution is 2.17. The average Bonchev–Trinajstić information content (AvgIpc) is 2.45. The Morgan fingerprint density at radius 3 is 2.64 bits per heavy atom. The van der Waals surface area contributed by atoms with E-state index < -0.39 is 0 Å². The number of aryl methyl sites for hydroxylation is 1. The highest BCUT2D eigenvalue weighted by Gasteiger charge is 2.19. The van der Waals surface area contributed by atoms with E-state index in [0.717, 1.165) is 12.2 Å². The third-order valence-electron chi connectivity index (χ3n) is 2.34. The van der Waals surface area contributed by atoms with E-state index >= 15 is 0 Å². The van der Waals surface area contributed by atoms with Gasteiger partial charge in [0, 0.05) is 25.8 Å². The summed E-state index contributed by atoms with van der Waals surface area (Å²) >= 11 is 0. The number of aromatic nitrogens is 2. The average molecular weight is 196 g/mol. The van der Waals surface area contributed by atoms with Crippen LogP contribution in [0.5, 0.6) is 0 Å². The van der Waals surface area contributed by atoms with E-state index in [0.29, 0.717) is 0 Å². The summed E-state index contributed by atoms with van der Waals surface area (Å²) in [5.74, 6) is 0. The van der Waals surface area contributed by atoms with Crippen molar-refractivity contribution in [2.45, 2.75) is 26.8 Å². The molecule has 1 unspecified atom stereocenters. The topological polar surface area (TPSA) is 55.9 Å². The van der Waals surface area contributed by atoms with E-state index in [1.165, 1.54) is 0 Å². The van der Waals surface area contributed by atoms with Gasteiger partial charge in [-0.05, 0) is 5.41 Å². The van der Waals surface area contributed by atoms with Gasteiger partial charge in [-0.2, -0.15) is 5.10 Å². The molecule has 0 radical (unpaired) electrons. The minimum atomic E-state index is 0.134. The summed E-state index contributed by atoms with van der Waals surface area (Å²) in [6.07, 6.45) is 3.74. The number of nitrogens with zero attached hydrogens (tertiary/aromatic N) is 2. The van der Waals surface area contributed by atoms with E-state index in [4.69, 9.17) is 5.73 Å². The SMILES string of the molecule is Cn1cc(NCC(N)C(C)(C)C)cn1. The first-order valence-electron chi connectivity index (χ1n) is 4.87. The maximum atomic E-state index is 6.02. The van der Waals surface area contributed by atoms with Gasteiger partial charge in [0.2, 0.25) is 0 Å². The third-order valence-corrected chi connectivity index (χ3v) is 2.34. The molecule has 1 aromatic heterocycles. The van der Waals surface area contributed by atoms with Crippen LogP contribution in [0.25, 0.3) is 0 Å². The van der Waals surface area contributed by atoms with Gasteiger partial charge in [0.15, 0.2) is 0 Å². The fourth-order valence-corrected chi connectivity index (χ4v) is 1.05. The molecule has 1 rings (SSSR count). The molecular formula is C10H20N4. The molecule has 4 heteroatoms. The number of hydrogen-bond acceptors (Lipinski definition) is 3. The number of anilines is 1. The predicted molar refractivity (Wildman–Crippen MR) is 59.1 cm³/mol. The normalized spacial score (nSPS) is 14.1. The molecule has 1 aromatic rings. The van der Waals surface area contributed by atoms with E-state index in [1.807, 2.05) is 13.2 Å². The minimum absolute atomic E-state index is 0.134. The van der Waals surface area contributed by atoms with Crippen molar-refractivity contribution in [1.29, 1.82) is 0 Å². The van der Waals surface area contributed by atoms with Crippen molar-refractivity contribution in [2.24, 2.45) is 18.2 Å². The van der Waals surface area contributed by atoms with Crippen LogP contribution in [-0.2, 0) is 7.05 Å². The van der Waals surface area contributed by atoms with Crippen LogP contribution in [0.4, 0.5) is 5.69 Å². The largest absolute Gasteiger partial charge is 0.381 e. The van der Waals surface area contributed by atoms with Crippen LogP contribution in [0.1, 0.15) is 20.8 Å². The van der Waals surface area contributed by atoms with Gasteiger partial charge >= 0.3 is 0 Å². The van der Waals surface area contributed by atoms with Crippen LogP contribution in [0.15, 0.2) is 12.4 Å². The van der Waals surface area contributed by atoms with Crippen molar-refractivity contribution < 1.29 is 0 Å². The Hall–Kier alpha value is -1.03. The van der Waals surface area contributed by atoms with Crippen LogP contribution in [0, 0.1) is 5.41 Å². The zero-order valence-electron chi connectivity index (χ0n) is 9.41. The molecule has 1 heterocycles. The Morgan fingerprint density at radius 1 is 1.57 bits per heavy atom. The third kappa shape index (κ3) is 3.03. The molecule has 0 amide bonds. The second-order valence-corrected chi connectivity index (χ2v) is 4.76. The van der Waals surface area contributed by atoms with Gasteiger partial charge in [-0.25, -0.2) is 0 Å². The molecule has 3 N–H and O–H groups in total. The summed E-state index contributed by atoms with van der Waals surface area (Å²) in [5.41, 5.74) is 7.17. The first kappa shape index (κ1) is 11.0. The van der Waals surface area contributed by atoms with Crippen LogP contribution >= 0.6 is 0 Å². The lowest BCUT2D eigenvalue weighted by molar-refractivity contribution is 0.331. The lowest BCUT2D eigenvalue weighted by Crippen LogP contribution is -2.40. The molecule has 0 spiro atoms. The Morgan fingerprint density at radius 2 is 2.21 bits per heavy atom. The van der Waals surface area contributed by atoms with E-state index in [1.54, 1.807) is 10.9 Å². The molecule has 0 fully saturated rings. The molecule has 0 aliphatic heterocycles. The quantitative estimate of drug-likeness (QED) is 0.764. The summed E-state index contributed by atoms with van der Waals surface area (Å²) in [7, 11) is 1.90. The van der Waals surface area contributed by atoms with Gasteiger partial charge in [-0.15, -0.1) is 0 Å². The highest BCUT2D eigenvalue weighted by atomic mass is 15.3. The minimum Gasteiger partial charge on any atom is -0.381 e. The van der Waals surface area contributed by atoms with Crippen LogP contribution in [0.2, 0.25) is 0 Å². The summed E-state index contributed by atoms with van der Waals surface area (Å²) in [5, 5.41) is 7.33. The molecule has 0 saturated heterocycles. The Balaban J connectivity index is 2.41. The Kier molecular flexibility index (Phi) is 3.16. The standard InChI is InChI=1S/C10H20N4/c1-10(2,3)9(11)6-12-8-5-13-14(4)7-8/h5,7,9,12H,6,11H2,1-4H3. The number of hydrogen-bond donors (Lipinski definition) is 2. The smallest absolute Gasteiger partial charge is 0.0726 e. The van der Waals surface area contributed by atoms with E-state index in [-0.39, 0.29) is 11.5 Å². The van der Waals surface area contributed by atoms with Crippen molar-refractivity contribution in [3.05, 3.63) is 12.4 Å². The molecular weight excluding hydrogens is 176 g/mol. The van der Waals surface area contributed by atoms with Gasteiger partial charge in [0.25, 0.3) is 0 Å². The van der Waals surface area contributed by atoms with Crippen LogP contribution < -0.4 is 11.1 Å². The second-order valence-electron chi connectivity index (χ2n) is 4.76. The molecule has 0 aliphatic rings. The van der Waals surface area contributed by atoms with Gasteiger partial charge in [0.1, 0.15) is 0 Å². The first-order chi connectivity index (χ1) is 6.39. The fourth-order valence-electron chi connectivity index (χ4n) is 1.05. The molecule has 14 heavy (non-hydrogen) atoms. The lowest BCUT2D eigenvalue weighted by Gasteiger charge is -2.27. The zero-order chi connectivity index (χ0) is 10.8. The van der Waals surface area contributed by atoms with E-state index in [2.05, 4.69) is 31.2 Å². The van der Waals surface area contributed by atoms with Gasteiger partial charge in [-0.1, -0.05) is 20.8 Å². The predicted octanol–water partition coefficient (Wildman–Crippen LogP) is 1.21. The fraction of sp³-hybridized carbons (Fsp3) is 0.700. The Bertz CT molecular complexity index is 285. The summed E-state index contributed by atoms with van der Waals surface area (Å²) < 4.78 is 1.77. The maximum absolute atomic E-state index is 6.02. The molecule has 0 aromatic carbocycles. The van der Waals surface area contributed by atoms with Crippen molar-refractivity contribution in [3.8, 4) is 0 Å². The number of nitrogens with one attached hydrogen (secondary N) is 1. The summed E-state index contributed by atoms with van der Waals surface area (Å²) in [6, 6.07) is 0.141. The summed E-state index contributed by atoms with van der Waals surface area (Å²) in [4.78, 5) is 0. The molecule has 80 valence electrons. The van der Waals surface area contributed by atoms with Gasteiger partial charge < -0.3 is 11.1 Å². The van der Waals surface area contributed by atoms with Crippen molar-refractivity contribution >= 4 is 5.69 Å². The molecule has 0 saturated carbocycles. The monoisotopic (exact) mass is 196 g/mol. The molecule has 1 atom stereocenters. The number of rotatable bonds is 3. The van der Waals surface area contributed by atoms with Crippen molar-refractivity contribution in [2.75, 3.05) is 11.9 Å². The van der Waals surface area contributed by atoms with Gasteiger partial charge in [0.05, 0.1) is 11.9 Å². The van der Waals surface area contributed by atoms with E-state index in [9.17, 15) is 0 Å². The Labute approximate surface area is 85.5 Å². The molecule has 0 aliphatic carbocycles. The molecule has 4 nitrogen and oxygen atoms in total. The van der Waals surface area contributed by atoms with Crippen molar-refractivity contribution in [1.82, 2.24) is 9.78 Å². The van der Waals surface area contributed by atoms with Crippen LogP contribution in [-0.4, -0.2) is 22.4 Å². The second kappa shape index (κ2) is 4.00. The van der Waals surface area contributed by atoms with Gasteiger partial charge in [-0.3, -0.25) is 4.68 Å². The van der Waals surface area contributed by atoms with Crippen molar-refractivity contribution in [3.63, 3.8) is 0 Å².